The van der Waals surface area contributed by atoms with Crippen LogP contribution in [0.1, 0.15) is 36.5 Å². The quantitative estimate of drug-likeness (QED) is 0.740. The predicted octanol–water partition coefficient (Wildman–Crippen LogP) is 3.39. The Hall–Kier alpha value is -2.40. The number of hydrogen-bond acceptors (Lipinski definition) is 5. The van der Waals surface area contributed by atoms with E-state index in [1.54, 1.807) is 11.3 Å². The van der Waals surface area contributed by atoms with Crippen molar-refractivity contribution in [3.63, 3.8) is 0 Å². The third kappa shape index (κ3) is 7.35. The number of amides is 1. The molecule has 3 heterocycles. The van der Waals surface area contributed by atoms with Crippen LogP contribution in [-0.4, -0.2) is 62.1 Å². The van der Waals surface area contributed by atoms with Crippen molar-refractivity contribution in [2.75, 3.05) is 13.6 Å². The Kier molecular flexibility index (Phi) is 8.63. The molecule has 0 unspecified atom stereocenters. The number of fused-ring (bicyclic) bond motifs is 1. The molecule has 3 rings (SSSR count). The molecule has 11 heteroatoms. The van der Waals surface area contributed by atoms with E-state index in [9.17, 15) is 18.0 Å². The van der Waals surface area contributed by atoms with Gasteiger partial charge in [0.2, 0.25) is 5.91 Å². The average molecular weight is 461 g/mol. The number of carbonyl (C=O) groups excluding carboxylic acids is 1. The molecule has 2 aromatic heterocycles. The maximum absolute atomic E-state index is 12.7. The topological polar surface area (TPSA) is 78.7 Å². The van der Waals surface area contributed by atoms with E-state index < -0.39 is 12.1 Å². The summed E-state index contributed by atoms with van der Waals surface area (Å²) in [5, 5.41) is 9.15. The largest absolute Gasteiger partial charge is 0.490 e. The fourth-order valence-electron chi connectivity index (χ4n) is 2.95. The van der Waals surface area contributed by atoms with E-state index in [-0.39, 0.29) is 5.91 Å². The molecule has 0 saturated heterocycles. The number of carboxylic acids is 1. The molecule has 1 N–H and O–H groups in total. The number of alkyl halides is 3. The van der Waals surface area contributed by atoms with Gasteiger partial charge in [0.25, 0.3) is 0 Å². The second-order valence-electron chi connectivity index (χ2n) is 7.57. The summed E-state index contributed by atoms with van der Waals surface area (Å²) in [7, 11) is 2.12. The van der Waals surface area contributed by atoms with Gasteiger partial charge >= 0.3 is 12.1 Å². The molecule has 0 bridgehead atoms. The third-order valence-corrected chi connectivity index (χ3v) is 5.86. The SMILES string of the molecule is CC(C)N(C)Cc1ncn2c1CN(C(=O)Cc1cccs1)CCC2.O=C(O)C(F)(F)F. The van der Waals surface area contributed by atoms with Crippen LogP contribution in [-0.2, 0) is 35.6 Å². The molecule has 0 fully saturated rings. The van der Waals surface area contributed by atoms with E-state index in [2.05, 4.69) is 35.3 Å². The second kappa shape index (κ2) is 10.8. The summed E-state index contributed by atoms with van der Waals surface area (Å²) in [6, 6.07) is 4.52. The van der Waals surface area contributed by atoms with E-state index in [4.69, 9.17) is 9.90 Å². The molecule has 0 saturated carbocycles. The first-order chi connectivity index (χ1) is 14.5. The van der Waals surface area contributed by atoms with E-state index >= 15 is 0 Å². The summed E-state index contributed by atoms with van der Waals surface area (Å²) in [6.45, 7) is 7.64. The van der Waals surface area contributed by atoms with Gasteiger partial charge in [-0.05, 0) is 38.8 Å². The lowest BCUT2D eigenvalue weighted by molar-refractivity contribution is -0.192. The number of imidazole rings is 1. The molecule has 7 nitrogen and oxygen atoms in total. The van der Waals surface area contributed by atoms with Gasteiger partial charge in [0, 0.05) is 30.6 Å². The van der Waals surface area contributed by atoms with Crippen molar-refractivity contribution in [2.24, 2.45) is 0 Å². The minimum atomic E-state index is -5.08. The summed E-state index contributed by atoms with van der Waals surface area (Å²) < 4.78 is 34.0. The van der Waals surface area contributed by atoms with Crippen molar-refractivity contribution < 1.29 is 27.9 Å². The summed E-state index contributed by atoms with van der Waals surface area (Å²) in [5.41, 5.74) is 2.29. The van der Waals surface area contributed by atoms with Gasteiger partial charge in [-0.15, -0.1) is 11.3 Å². The van der Waals surface area contributed by atoms with Gasteiger partial charge in [0.1, 0.15) is 0 Å². The van der Waals surface area contributed by atoms with Gasteiger partial charge < -0.3 is 14.6 Å². The number of aliphatic carboxylic acids is 1. The van der Waals surface area contributed by atoms with E-state index in [1.165, 1.54) is 5.69 Å². The number of aromatic nitrogens is 2. The van der Waals surface area contributed by atoms with E-state index in [1.807, 2.05) is 28.7 Å². The zero-order chi connectivity index (χ0) is 23.2. The molecule has 31 heavy (non-hydrogen) atoms. The number of halogens is 3. The first-order valence-corrected chi connectivity index (χ1v) is 10.7. The fraction of sp³-hybridized carbons (Fsp3) is 0.550. The summed E-state index contributed by atoms with van der Waals surface area (Å²) >= 11 is 1.65. The molecule has 0 aromatic carbocycles. The fourth-order valence-corrected chi connectivity index (χ4v) is 3.65. The monoisotopic (exact) mass is 460 g/mol. The minimum absolute atomic E-state index is 0.218. The van der Waals surface area contributed by atoms with Crippen molar-refractivity contribution in [3.8, 4) is 0 Å². The van der Waals surface area contributed by atoms with Crippen LogP contribution in [0.5, 0.6) is 0 Å². The highest BCUT2D eigenvalue weighted by Gasteiger charge is 2.38. The van der Waals surface area contributed by atoms with Gasteiger partial charge in [-0.3, -0.25) is 9.69 Å². The Morgan fingerprint density at radius 3 is 2.55 bits per heavy atom. The van der Waals surface area contributed by atoms with Gasteiger partial charge in [-0.1, -0.05) is 6.07 Å². The number of aryl methyl sites for hydroxylation is 1. The van der Waals surface area contributed by atoms with Crippen molar-refractivity contribution in [3.05, 3.63) is 40.1 Å². The van der Waals surface area contributed by atoms with Crippen LogP contribution in [0.3, 0.4) is 0 Å². The molecule has 172 valence electrons. The predicted molar refractivity (Wildman–Crippen MR) is 111 cm³/mol. The van der Waals surface area contributed by atoms with Crippen molar-refractivity contribution >= 4 is 23.2 Å². The molecule has 0 aliphatic carbocycles. The molecular weight excluding hydrogens is 433 g/mol. The lowest BCUT2D eigenvalue weighted by Crippen LogP contribution is -2.32. The summed E-state index contributed by atoms with van der Waals surface area (Å²) in [4.78, 5) is 31.6. The molecule has 1 aliphatic heterocycles. The molecule has 1 aliphatic rings. The van der Waals surface area contributed by atoms with Crippen molar-refractivity contribution in [1.82, 2.24) is 19.4 Å². The molecule has 0 spiro atoms. The normalized spacial score (nSPS) is 14.1. The smallest absolute Gasteiger partial charge is 0.475 e. The number of nitrogens with zero attached hydrogens (tertiary/aromatic N) is 4. The minimum Gasteiger partial charge on any atom is -0.475 e. The number of rotatable bonds is 5. The van der Waals surface area contributed by atoms with Crippen LogP contribution in [0.15, 0.2) is 23.8 Å². The standard InChI is InChI=1S/C18H26N4OS.C2HF3O2/c1-14(2)20(3)11-16-17-12-21(7-5-8-22(17)13-19-16)18(23)10-15-6-4-9-24-15;3-2(4,5)1(6)7/h4,6,9,13-14H,5,7-8,10-12H2,1-3H3;(H,6,7). The van der Waals surface area contributed by atoms with E-state index in [0.717, 1.165) is 36.6 Å². The first kappa shape index (κ1) is 24.9. The Balaban J connectivity index is 0.000000423. The number of carboxylic acid groups (broad SMARTS) is 1. The Labute approximate surface area is 183 Å². The molecule has 2 aromatic rings. The summed E-state index contributed by atoms with van der Waals surface area (Å²) in [6.07, 6.45) is -1.65. The Morgan fingerprint density at radius 2 is 2.00 bits per heavy atom. The number of thiophene rings is 1. The van der Waals surface area contributed by atoms with Crippen LogP contribution >= 0.6 is 11.3 Å². The maximum Gasteiger partial charge on any atom is 0.490 e. The molecule has 0 radical (unpaired) electrons. The van der Waals surface area contributed by atoms with Crippen molar-refractivity contribution in [1.29, 1.82) is 0 Å². The number of hydrogen-bond donors (Lipinski definition) is 1. The van der Waals surface area contributed by atoms with Gasteiger partial charge in [-0.2, -0.15) is 13.2 Å². The number of carbonyl (C=O) groups is 2. The highest BCUT2D eigenvalue weighted by Crippen LogP contribution is 2.20. The van der Waals surface area contributed by atoms with Crippen LogP contribution in [0.2, 0.25) is 0 Å². The second-order valence-corrected chi connectivity index (χ2v) is 8.60. The zero-order valence-corrected chi connectivity index (χ0v) is 18.5. The van der Waals surface area contributed by atoms with Crippen LogP contribution in [0.4, 0.5) is 13.2 Å². The Bertz CT molecular complexity index is 866. The van der Waals surface area contributed by atoms with Gasteiger partial charge in [-0.25, -0.2) is 9.78 Å². The van der Waals surface area contributed by atoms with Crippen LogP contribution < -0.4 is 0 Å². The lowest BCUT2D eigenvalue weighted by Gasteiger charge is -2.23. The van der Waals surface area contributed by atoms with Crippen LogP contribution in [0.25, 0.3) is 0 Å². The maximum atomic E-state index is 12.7. The van der Waals surface area contributed by atoms with Crippen LogP contribution in [0, 0.1) is 0 Å². The Morgan fingerprint density at radius 1 is 1.32 bits per heavy atom. The van der Waals surface area contributed by atoms with Gasteiger partial charge in [0.05, 0.1) is 30.7 Å². The summed E-state index contributed by atoms with van der Waals surface area (Å²) in [5.74, 6) is -2.54. The van der Waals surface area contributed by atoms with E-state index in [0.29, 0.717) is 19.0 Å². The zero-order valence-electron chi connectivity index (χ0n) is 17.7. The molecular formula is C20H27F3N4O3S. The average Bonchev–Trinajstić information content (AvgIpc) is 3.26. The molecule has 1 amide bonds. The lowest BCUT2D eigenvalue weighted by atomic mass is 10.2. The highest BCUT2D eigenvalue weighted by atomic mass is 32.1. The highest BCUT2D eigenvalue weighted by molar-refractivity contribution is 7.10. The van der Waals surface area contributed by atoms with Crippen molar-refractivity contribution in [2.45, 2.75) is 58.5 Å². The molecule has 0 atom stereocenters. The van der Waals surface area contributed by atoms with Gasteiger partial charge in [0.15, 0.2) is 0 Å². The third-order valence-electron chi connectivity index (χ3n) is 4.98. The first-order valence-electron chi connectivity index (χ1n) is 9.82.